The molecule has 9 aromatic rings. The van der Waals surface area contributed by atoms with Crippen molar-refractivity contribution in [1.29, 1.82) is 15.8 Å². The molecule has 0 saturated heterocycles. The minimum Gasteiger partial charge on any atom is -0.308 e. The largest absolute Gasteiger partial charge is 0.308 e. The molecule has 230 valence electrons. The summed E-state index contributed by atoms with van der Waals surface area (Å²) >= 11 is 0. The number of fused-ring (bicyclic) bond motifs is 6. The second-order valence-corrected chi connectivity index (χ2v) is 12.3. The van der Waals surface area contributed by atoms with Crippen LogP contribution in [0.2, 0.25) is 0 Å². The minimum absolute atomic E-state index is 0.540. The maximum atomic E-state index is 10.6. The fourth-order valence-corrected chi connectivity index (χ4v) is 7.52. The molecule has 50 heavy (non-hydrogen) atoms. The van der Waals surface area contributed by atoms with Crippen molar-refractivity contribution in [2.45, 2.75) is 0 Å². The molecule has 0 amide bonds. The van der Waals surface area contributed by atoms with Crippen molar-refractivity contribution >= 4 is 43.6 Å². The van der Waals surface area contributed by atoms with Crippen LogP contribution in [0, 0.1) is 34.0 Å². The lowest BCUT2D eigenvalue weighted by Gasteiger charge is -2.18. The van der Waals surface area contributed by atoms with Crippen molar-refractivity contribution in [3.05, 3.63) is 168 Å². The Bertz CT molecular complexity index is 2970. The molecule has 0 aliphatic rings. The van der Waals surface area contributed by atoms with Gasteiger partial charge in [0.05, 0.1) is 56.2 Å². The summed E-state index contributed by atoms with van der Waals surface area (Å²) in [5, 5.41) is 34.5. The Hall–Kier alpha value is -7.39. The van der Waals surface area contributed by atoms with Crippen LogP contribution in [0.4, 0.5) is 0 Å². The zero-order valence-electron chi connectivity index (χ0n) is 26.7. The standard InChI is InChI=1S/C45H25N5/c46-26-29-20-22-44-39(24-29)37-15-5-6-17-41(37)49(44)40-23-21-30(25-32(40)28-48)33-11-1-2-12-34(33)35-13-3-7-18-42(35)50-43-19-8-4-14-36(43)38-16-9-10-31(27-47)45(38)50/h1-25H. The van der Waals surface area contributed by atoms with Gasteiger partial charge in [0.1, 0.15) is 12.1 Å². The van der Waals surface area contributed by atoms with Crippen LogP contribution in [0.1, 0.15) is 16.7 Å². The molecule has 0 atom stereocenters. The van der Waals surface area contributed by atoms with Crippen molar-refractivity contribution < 1.29 is 0 Å². The number of para-hydroxylation sites is 4. The summed E-state index contributed by atoms with van der Waals surface area (Å²) in [4.78, 5) is 0. The van der Waals surface area contributed by atoms with Crippen molar-refractivity contribution in [2.24, 2.45) is 0 Å². The molecule has 0 unspecified atom stereocenters. The van der Waals surface area contributed by atoms with Gasteiger partial charge in [-0.1, -0.05) is 97.1 Å². The summed E-state index contributed by atoms with van der Waals surface area (Å²) in [5.74, 6) is 0. The van der Waals surface area contributed by atoms with E-state index in [4.69, 9.17) is 0 Å². The van der Waals surface area contributed by atoms with Crippen molar-refractivity contribution in [1.82, 2.24) is 9.13 Å². The van der Waals surface area contributed by atoms with Crippen LogP contribution < -0.4 is 0 Å². The molecule has 7 aromatic carbocycles. The Morgan fingerprint density at radius 1 is 0.380 bits per heavy atom. The van der Waals surface area contributed by atoms with E-state index in [9.17, 15) is 15.8 Å². The molecule has 5 heteroatoms. The lowest BCUT2D eigenvalue weighted by Crippen LogP contribution is -2.00. The van der Waals surface area contributed by atoms with E-state index < -0.39 is 0 Å². The third kappa shape index (κ3) is 4.24. The second kappa shape index (κ2) is 11.4. The fraction of sp³-hybridized carbons (Fsp3) is 0. The molecule has 0 aliphatic heterocycles. The first-order valence-electron chi connectivity index (χ1n) is 16.3. The number of hydrogen-bond donors (Lipinski definition) is 0. The first kappa shape index (κ1) is 28.8. The van der Waals surface area contributed by atoms with E-state index in [1.54, 1.807) is 0 Å². The molecule has 0 N–H and O–H groups in total. The van der Waals surface area contributed by atoms with Crippen molar-refractivity contribution in [2.75, 3.05) is 0 Å². The molecule has 0 saturated carbocycles. The van der Waals surface area contributed by atoms with Crippen LogP contribution in [0.15, 0.2) is 152 Å². The van der Waals surface area contributed by atoms with Gasteiger partial charge in [-0.05, 0) is 71.3 Å². The average molecular weight is 636 g/mol. The fourth-order valence-electron chi connectivity index (χ4n) is 7.52. The number of benzene rings is 7. The lowest BCUT2D eigenvalue weighted by molar-refractivity contribution is 1.17. The first-order chi connectivity index (χ1) is 24.7. The third-order valence-corrected chi connectivity index (χ3v) is 9.65. The van der Waals surface area contributed by atoms with Gasteiger partial charge in [-0.2, -0.15) is 15.8 Å². The van der Waals surface area contributed by atoms with E-state index in [2.05, 4.69) is 88.0 Å². The summed E-state index contributed by atoms with van der Waals surface area (Å²) in [6, 6.07) is 57.8. The highest BCUT2D eigenvalue weighted by Gasteiger charge is 2.20. The molecule has 2 aromatic heterocycles. The Morgan fingerprint density at radius 3 is 1.76 bits per heavy atom. The third-order valence-electron chi connectivity index (χ3n) is 9.65. The molecular formula is C45H25N5. The monoisotopic (exact) mass is 635 g/mol. The molecule has 9 rings (SSSR count). The Balaban J connectivity index is 1.25. The van der Waals surface area contributed by atoms with Gasteiger partial charge in [0.25, 0.3) is 0 Å². The molecule has 0 spiro atoms. The van der Waals surface area contributed by atoms with Crippen LogP contribution in [0.5, 0.6) is 0 Å². The van der Waals surface area contributed by atoms with Gasteiger partial charge in [0.2, 0.25) is 0 Å². The van der Waals surface area contributed by atoms with Crippen LogP contribution in [0.3, 0.4) is 0 Å². The molecule has 0 fully saturated rings. The molecule has 0 radical (unpaired) electrons. The molecule has 2 heterocycles. The first-order valence-corrected chi connectivity index (χ1v) is 16.3. The summed E-state index contributed by atoms with van der Waals surface area (Å²) in [6.45, 7) is 0. The van der Waals surface area contributed by atoms with Crippen LogP contribution in [0.25, 0.3) is 77.2 Å². The molecular weight excluding hydrogens is 611 g/mol. The van der Waals surface area contributed by atoms with Gasteiger partial charge in [-0.15, -0.1) is 0 Å². The summed E-state index contributed by atoms with van der Waals surface area (Å²) in [7, 11) is 0. The maximum Gasteiger partial charge on any atom is 0.101 e. The number of aromatic nitrogens is 2. The average Bonchev–Trinajstić information content (AvgIpc) is 3.70. The zero-order chi connectivity index (χ0) is 33.8. The van der Waals surface area contributed by atoms with Gasteiger partial charge in [0, 0.05) is 27.1 Å². The summed E-state index contributed by atoms with van der Waals surface area (Å²) < 4.78 is 4.32. The van der Waals surface area contributed by atoms with Gasteiger partial charge in [-0.3, -0.25) is 0 Å². The van der Waals surface area contributed by atoms with E-state index in [1.807, 2.05) is 91.0 Å². The minimum atomic E-state index is 0.540. The Labute approximate surface area is 287 Å². The molecule has 5 nitrogen and oxygen atoms in total. The summed E-state index contributed by atoms with van der Waals surface area (Å²) in [6.07, 6.45) is 0. The highest BCUT2D eigenvalue weighted by atomic mass is 15.0. The zero-order valence-corrected chi connectivity index (χ0v) is 26.7. The van der Waals surface area contributed by atoms with Gasteiger partial charge < -0.3 is 9.13 Å². The highest BCUT2D eigenvalue weighted by Crippen LogP contribution is 2.41. The van der Waals surface area contributed by atoms with Crippen LogP contribution in [-0.4, -0.2) is 9.13 Å². The number of nitriles is 3. The van der Waals surface area contributed by atoms with Crippen molar-refractivity contribution in [3.63, 3.8) is 0 Å². The van der Waals surface area contributed by atoms with Gasteiger partial charge in [-0.25, -0.2) is 0 Å². The second-order valence-electron chi connectivity index (χ2n) is 12.3. The van der Waals surface area contributed by atoms with Crippen LogP contribution >= 0.6 is 0 Å². The topological polar surface area (TPSA) is 81.2 Å². The van der Waals surface area contributed by atoms with E-state index in [0.717, 1.165) is 77.2 Å². The molecule has 0 bridgehead atoms. The quantitative estimate of drug-likeness (QED) is 0.193. The molecule has 0 aliphatic carbocycles. The van der Waals surface area contributed by atoms with E-state index in [0.29, 0.717) is 16.7 Å². The smallest absolute Gasteiger partial charge is 0.101 e. The maximum absolute atomic E-state index is 10.6. The number of nitrogens with zero attached hydrogens (tertiary/aromatic N) is 5. The van der Waals surface area contributed by atoms with Crippen LogP contribution in [-0.2, 0) is 0 Å². The van der Waals surface area contributed by atoms with Gasteiger partial charge in [0.15, 0.2) is 0 Å². The number of hydrogen-bond acceptors (Lipinski definition) is 3. The predicted molar refractivity (Wildman–Crippen MR) is 200 cm³/mol. The highest BCUT2D eigenvalue weighted by molar-refractivity contribution is 6.12. The normalized spacial score (nSPS) is 11.1. The predicted octanol–water partition coefficient (Wildman–Crippen LogP) is 10.8. The van der Waals surface area contributed by atoms with E-state index >= 15 is 0 Å². The van der Waals surface area contributed by atoms with E-state index in [1.165, 1.54) is 0 Å². The SMILES string of the molecule is N#Cc1ccc2c(c1)c1ccccc1n2-c1ccc(-c2ccccc2-c2ccccc2-n2c3ccccc3c3cccc(C#N)c32)cc1C#N. The Morgan fingerprint density at radius 2 is 1.00 bits per heavy atom. The Kier molecular flexibility index (Phi) is 6.56. The lowest BCUT2D eigenvalue weighted by atomic mass is 9.92. The van der Waals surface area contributed by atoms with E-state index in [-0.39, 0.29) is 0 Å². The summed E-state index contributed by atoms with van der Waals surface area (Å²) in [5.41, 5.74) is 11.2. The number of rotatable bonds is 4. The van der Waals surface area contributed by atoms with Gasteiger partial charge >= 0.3 is 0 Å². The van der Waals surface area contributed by atoms with Crippen molar-refractivity contribution in [3.8, 4) is 51.8 Å².